The molecule has 1 fully saturated rings. The van der Waals surface area contributed by atoms with Crippen molar-refractivity contribution in [1.29, 1.82) is 0 Å². The van der Waals surface area contributed by atoms with Crippen molar-refractivity contribution in [2.75, 3.05) is 13.1 Å². The Morgan fingerprint density at radius 2 is 2.00 bits per heavy atom. The van der Waals surface area contributed by atoms with Gasteiger partial charge in [-0.05, 0) is 46.1 Å². The molecule has 2 amide bonds. The summed E-state index contributed by atoms with van der Waals surface area (Å²) in [6.07, 6.45) is 1.83. The van der Waals surface area contributed by atoms with Crippen LogP contribution in [0, 0.1) is 12.3 Å². The predicted octanol–water partition coefficient (Wildman–Crippen LogP) is 2.53. The van der Waals surface area contributed by atoms with Crippen molar-refractivity contribution >= 4 is 12.2 Å². The van der Waals surface area contributed by atoms with E-state index in [4.69, 9.17) is 4.74 Å². The van der Waals surface area contributed by atoms with Crippen molar-refractivity contribution in [1.82, 2.24) is 20.0 Å². The van der Waals surface area contributed by atoms with E-state index in [2.05, 4.69) is 10.4 Å². The van der Waals surface area contributed by atoms with Gasteiger partial charge in [-0.3, -0.25) is 4.68 Å². The number of carboxylic acid groups (broad SMARTS) is 1. The predicted molar refractivity (Wildman–Crippen MR) is 90.3 cm³/mol. The van der Waals surface area contributed by atoms with Gasteiger partial charge in [-0.1, -0.05) is 0 Å². The van der Waals surface area contributed by atoms with Crippen LogP contribution in [0.15, 0.2) is 6.20 Å². The number of rotatable bonds is 1. The van der Waals surface area contributed by atoms with Gasteiger partial charge in [-0.25, -0.2) is 9.59 Å². The van der Waals surface area contributed by atoms with E-state index in [-0.39, 0.29) is 11.5 Å². The molecule has 0 radical (unpaired) electrons. The van der Waals surface area contributed by atoms with E-state index in [1.807, 2.05) is 32.4 Å². The van der Waals surface area contributed by atoms with Crippen molar-refractivity contribution in [3.8, 4) is 0 Å². The Balaban J connectivity index is 1.84. The molecule has 1 atom stereocenters. The van der Waals surface area contributed by atoms with Crippen molar-refractivity contribution in [3.05, 3.63) is 17.5 Å². The highest BCUT2D eigenvalue weighted by atomic mass is 16.6. The van der Waals surface area contributed by atoms with Crippen molar-refractivity contribution in [2.24, 2.45) is 5.41 Å². The van der Waals surface area contributed by atoms with Crippen LogP contribution in [0.3, 0.4) is 0 Å². The van der Waals surface area contributed by atoms with Gasteiger partial charge in [0, 0.05) is 25.0 Å². The number of piperidine rings is 1. The van der Waals surface area contributed by atoms with E-state index in [0.29, 0.717) is 32.5 Å². The van der Waals surface area contributed by atoms with Gasteiger partial charge >= 0.3 is 12.2 Å². The summed E-state index contributed by atoms with van der Waals surface area (Å²) in [6.45, 7) is 9.09. The highest BCUT2D eigenvalue weighted by molar-refractivity contribution is 5.69. The smallest absolute Gasteiger partial charge is 0.408 e. The van der Waals surface area contributed by atoms with Crippen LogP contribution in [0.25, 0.3) is 0 Å². The molecule has 2 aliphatic heterocycles. The van der Waals surface area contributed by atoms with Gasteiger partial charge in [0.05, 0.1) is 17.9 Å². The number of ether oxygens (including phenoxy) is 1. The van der Waals surface area contributed by atoms with Gasteiger partial charge < -0.3 is 20.1 Å². The molecule has 1 aromatic heterocycles. The van der Waals surface area contributed by atoms with Crippen LogP contribution in [-0.2, 0) is 11.3 Å². The Labute approximate surface area is 147 Å². The standard InChI is InChI=1S/C17H26N4O4/c1-11-9-18-21-10-17(5-7-20(8-6-17)15(23)24)13(12(11)21)19-14(22)25-16(2,3)4/h9,13H,5-8,10H2,1-4H3,(H,19,22)(H,23,24)/t13-/m1/s1. The molecule has 0 saturated carbocycles. The van der Waals surface area contributed by atoms with Crippen LogP contribution in [0.4, 0.5) is 9.59 Å². The number of aromatic nitrogens is 2. The average Bonchev–Trinajstić information content (AvgIpc) is 2.97. The van der Waals surface area contributed by atoms with Gasteiger partial charge in [0.25, 0.3) is 0 Å². The lowest BCUT2D eigenvalue weighted by Gasteiger charge is -2.41. The number of aryl methyl sites for hydroxylation is 1. The number of nitrogens with zero attached hydrogens (tertiary/aromatic N) is 3. The third-order valence-corrected chi connectivity index (χ3v) is 5.11. The Hall–Kier alpha value is -2.25. The zero-order chi connectivity index (χ0) is 18.4. The molecular weight excluding hydrogens is 324 g/mol. The summed E-state index contributed by atoms with van der Waals surface area (Å²) in [5, 5.41) is 16.7. The maximum Gasteiger partial charge on any atom is 0.408 e. The van der Waals surface area contributed by atoms with Crippen LogP contribution in [0.5, 0.6) is 0 Å². The van der Waals surface area contributed by atoms with Crippen LogP contribution in [0.2, 0.25) is 0 Å². The lowest BCUT2D eigenvalue weighted by atomic mass is 9.73. The molecule has 2 N–H and O–H groups in total. The highest BCUT2D eigenvalue weighted by Crippen LogP contribution is 2.49. The molecule has 0 aromatic carbocycles. The first kappa shape index (κ1) is 17.6. The lowest BCUT2D eigenvalue weighted by molar-refractivity contribution is 0.0332. The van der Waals surface area contributed by atoms with Gasteiger partial charge in [0.1, 0.15) is 5.60 Å². The number of amides is 2. The fourth-order valence-corrected chi connectivity index (χ4v) is 3.91. The maximum atomic E-state index is 12.4. The van der Waals surface area contributed by atoms with Gasteiger partial charge in [-0.15, -0.1) is 0 Å². The minimum Gasteiger partial charge on any atom is -0.465 e. The average molecular weight is 350 g/mol. The summed E-state index contributed by atoms with van der Waals surface area (Å²) in [7, 11) is 0. The largest absolute Gasteiger partial charge is 0.465 e. The summed E-state index contributed by atoms with van der Waals surface area (Å²) >= 11 is 0. The van der Waals surface area contributed by atoms with E-state index < -0.39 is 17.8 Å². The van der Waals surface area contributed by atoms with Crippen LogP contribution < -0.4 is 5.32 Å². The van der Waals surface area contributed by atoms with Crippen molar-refractivity contribution < 1.29 is 19.4 Å². The zero-order valence-corrected chi connectivity index (χ0v) is 15.2. The molecule has 25 heavy (non-hydrogen) atoms. The summed E-state index contributed by atoms with van der Waals surface area (Å²) in [6, 6.07) is -0.221. The second-order valence-electron chi connectivity index (χ2n) is 8.08. The number of hydrogen-bond donors (Lipinski definition) is 2. The number of fused-ring (bicyclic) bond motifs is 1. The Morgan fingerprint density at radius 1 is 1.36 bits per heavy atom. The number of carbonyl (C=O) groups excluding carboxylic acids is 1. The summed E-state index contributed by atoms with van der Waals surface area (Å²) < 4.78 is 7.38. The molecule has 1 saturated heterocycles. The van der Waals surface area contributed by atoms with Gasteiger partial charge in [-0.2, -0.15) is 5.10 Å². The Bertz CT molecular complexity index is 683. The second-order valence-corrected chi connectivity index (χ2v) is 8.08. The number of nitrogens with one attached hydrogen (secondary N) is 1. The molecule has 0 aliphatic carbocycles. The van der Waals surface area contributed by atoms with Crippen LogP contribution in [0.1, 0.15) is 50.9 Å². The molecule has 1 spiro atoms. The fourth-order valence-electron chi connectivity index (χ4n) is 3.91. The van der Waals surface area contributed by atoms with E-state index in [1.54, 1.807) is 6.20 Å². The minimum absolute atomic E-state index is 0.221. The van der Waals surface area contributed by atoms with Crippen LogP contribution >= 0.6 is 0 Å². The summed E-state index contributed by atoms with van der Waals surface area (Å²) in [4.78, 5) is 25.0. The molecule has 8 heteroatoms. The molecule has 1 aromatic rings. The highest BCUT2D eigenvalue weighted by Gasteiger charge is 2.50. The fraction of sp³-hybridized carbons (Fsp3) is 0.706. The first-order valence-corrected chi connectivity index (χ1v) is 8.61. The Kier molecular flexibility index (Phi) is 4.17. The van der Waals surface area contributed by atoms with E-state index in [9.17, 15) is 14.7 Å². The van der Waals surface area contributed by atoms with Crippen LogP contribution in [-0.4, -0.2) is 50.7 Å². The van der Waals surface area contributed by atoms with E-state index in [0.717, 1.165) is 11.3 Å². The number of carbonyl (C=O) groups is 2. The number of likely N-dealkylation sites (tertiary alicyclic amines) is 1. The van der Waals surface area contributed by atoms with Crippen molar-refractivity contribution in [2.45, 2.75) is 58.7 Å². The molecule has 0 bridgehead atoms. The zero-order valence-electron chi connectivity index (χ0n) is 15.2. The third-order valence-electron chi connectivity index (χ3n) is 5.11. The molecule has 2 aliphatic rings. The molecule has 3 rings (SSSR count). The Morgan fingerprint density at radius 3 is 2.56 bits per heavy atom. The monoisotopic (exact) mass is 350 g/mol. The van der Waals surface area contributed by atoms with Gasteiger partial charge in [0.2, 0.25) is 0 Å². The first-order chi connectivity index (χ1) is 11.6. The third kappa shape index (κ3) is 3.29. The van der Waals surface area contributed by atoms with Gasteiger partial charge in [0.15, 0.2) is 0 Å². The second kappa shape index (κ2) is 5.93. The molecule has 8 nitrogen and oxygen atoms in total. The van der Waals surface area contributed by atoms with E-state index >= 15 is 0 Å². The maximum absolute atomic E-state index is 12.4. The molecule has 0 unspecified atom stereocenters. The minimum atomic E-state index is -0.890. The SMILES string of the molecule is Cc1cnn2c1[C@@H](NC(=O)OC(C)(C)C)C1(CCN(C(=O)O)CC1)C2. The normalized spacial score (nSPS) is 21.9. The quantitative estimate of drug-likeness (QED) is 0.811. The lowest BCUT2D eigenvalue weighted by Crippen LogP contribution is -2.49. The topological polar surface area (TPSA) is 96.7 Å². The molecule has 138 valence electrons. The van der Waals surface area contributed by atoms with Crippen molar-refractivity contribution in [3.63, 3.8) is 0 Å². The summed E-state index contributed by atoms with van der Waals surface area (Å²) in [5.41, 5.74) is 1.22. The first-order valence-electron chi connectivity index (χ1n) is 8.61. The number of hydrogen-bond acceptors (Lipinski definition) is 4. The molecule has 3 heterocycles. The number of alkyl carbamates (subject to hydrolysis) is 1. The summed E-state index contributed by atoms with van der Waals surface area (Å²) in [5.74, 6) is 0. The molecular formula is C17H26N4O4. The van der Waals surface area contributed by atoms with E-state index in [1.165, 1.54) is 4.90 Å².